The van der Waals surface area contributed by atoms with Gasteiger partial charge in [-0.2, -0.15) is 0 Å². The van der Waals surface area contributed by atoms with Crippen molar-refractivity contribution in [3.8, 4) is 11.5 Å². The van der Waals surface area contributed by atoms with Crippen LogP contribution in [0.25, 0.3) is 0 Å². The first-order chi connectivity index (χ1) is 12.1. The van der Waals surface area contributed by atoms with Gasteiger partial charge in [0.05, 0.1) is 18.9 Å². The lowest BCUT2D eigenvalue weighted by Crippen LogP contribution is -2.35. The molecule has 2 rings (SSSR count). The van der Waals surface area contributed by atoms with E-state index in [0.717, 1.165) is 22.8 Å². The SMILES string of the molecule is CCC(Sc1ccc(Cl)cc1)C(=O)NCCOc1cccc(OC)c1. The van der Waals surface area contributed by atoms with Crippen molar-refractivity contribution in [3.63, 3.8) is 0 Å². The van der Waals surface area contributed by atoms with E-state index in [-0.39, 0.29) is 11.2 Å². The summed E-state index contributed by atoms with van der Waals surface area (Å²) >= 11 is 7.43. The molecule has 0 bridgehead atoms. The minimum atomic E-state index is -0.141. The van der Waals surface area contributed by atoms with Gasteiger partial charge >= 0.3 is 0 Å². The van der Waals surface area contributed by atoms with Gasteiger partial charge in [0.2, 0.25) is 5.91 Å². The van der Waals surface area contributed by atoms with E-state index in [1.165, 1.54) is 11.8 Å². The van der Waals surface area contributed by atoms with E-state index in [1.807, 2.05) is 55.5 Å². The molecule has 0 saturated carbocycles. The van der Waals surface area contributed by atoms with Crippen LogP contribution in [0.15, 0.2) is 53.4 Å². The fraction of sp³-hybridized carbons (Fsp3) is 0.316. The molecule has 134 valence electrons. The van der Waals surface area contributed by atoms with Gasteiger partial charge in [0.25, 0.3) is 0 Å². The van der Waals surface area contributed by atoms with Crippen molar-refractivity contribution >= 4 is 29.3 Å². The van der Waals surface area contributed by atoms with Gasteiger partial charge in [-0.25, -0.2) is 0 Å². The van der Waals surface area contributed by atoms with Gasteiger partial charge in [-0.3, -0.25) is 4.79 Å². The van der Waals surface area contributed by atoms with Crippen LogP contribution < -0.4 is 14.8 Å². The first-order valence-electron chi connectivity index (χ1n) is 8.09. The summed E-state index contributed by atoms with van der Waals surface area (Å²) in [4.78, 5) is 13.4. The third-order valence-corrected chi connectivity index (χ3v) is 5.09. The Balaban J connectivity index is 1.76. The topological polar surface area (TPSA) is 47.6 Å². The van der Waals surface area contributed by atoms with Crippen molar-refractivity contribution in [1.29, 1.82) is 0 Å². The summed E-state index contributed by atoms with van der Waals surface area (Å²) in [7, 11) is 1.61. The second-order valence-electron chi connectivity index (χ2n) is 5.29. The van der Waals surface area contributed by atoms with Crippen LogP contribution >= 0.6 is 23.4 Å². The van der Waals surface area contributed by atoms with Crippen molar-refractivity contribution in [2.75, 3.05) is 20.3 Å². The molecule has 1 N–H and O–H groups in total. The molecule has 2 aromatic rings. The van der Waals surface area contributed by atoms with E-state index in [9.17, 15) is 4.79 Å². The molecule has 0 heterocycles. The molecule has 0 radical (unpaired) electrons. The second kappa shape index (κ2) is 10.2. The Kier molecular flexibility index (Phi) is 7.95. The zero-order valence-corrected chi connectivity index (χ0v) is 15.9. The largest absolute Gasteiger partial charge is 0.497 e. The third kappa shape index (κ3) is 6.52. The number of amides is 1. The number of nitrogens with one attached hydrogen (secondary N) is 1. The predicted octanol–water partition coefficient (Wildman–Crippen LogP) is 4.41. The number of benzene rings is 2. The fourth-order valence-electron chi connectivity index (χ4n) is 2.15. The van der Waals surface area contributed by atoms with Gasteiger partial charge in [-0.1, -0.05) is 24.6 Å². The summed E-state index contributed by atoms with van der Waals surface area (Å²) in [5.41, 5.74) is 0. The molecular formula is C19H22ClNO3S. The van der Waals surface area contributed by atoms with Gasteiger partial charge in [0.1, 0.15) is 18.1 Å². The molecule has 4 nitrogen and oxygen atoms in total. The maximum Gasteiger partial charge on any atom is 0.233 e. The maximum atomic E-state index is 12.3. The summed E-state index contributed by atoms with van der Waals surface area (Å²) in [5, 5.41) is 3.47. The van der Waals surface area contributed by atoms with Crippen molar-refractivity contribution in [1.82, 2.24) is 5.32 Å². The molecular weight excluding hydrogens is 358 g/mol. The van der Waals surface area contributed by atoms with E-state index < -0.39 is 0 Å². The van der Waals surface area contributed by atoms with Crippen LogP contribution in [-0.2, 0) is 4.79 Å². The number of hydrogen-bond acceptors (Lipinski definition) is 4. The van der Waals surface area contributed by atoms with Crippen molar-refractivity contribution in [3.05, 3.63) is 53.6 Å². The number of hydrogen-bond donors (Lipinski definition) is 1. The minimum absolute atomic E-state index is 0.0108. The highest BCUT2D eigenvalue weighted by atomic mass is 35.5. The molecule has 0 aliphatic heterocycles. The minimum Gasteiger partial charge on any atom is -0.497 e. The van der Waals surface area contributed by atoms with E-state index in [0.29, 0.717) is 18.2 Å². The molecule has 2 aromatic carbocycles. The molecule has 1 unspecified atom stereocenters. The first-order valence-corrected chi connectivity index (χ1v) is 9.35. The van der Waals surface area contributed by atoms with Gasteiger partial charge in [0.15, 0.2) is 0 Å². The van der Waals surface area contributed by atoms with Gasteiger partial charge in [-0.05, 0) is 42.8 Å². The van der Waals surface area contributed by atoms with E-state index in [4.69, 9.17) is 21.1 Å². The van der Waals surface area contributed by atoms with Crippen molar-refractivity contribution in [2.24, 2.45) is 0 Å². The van der Waals surface area contributed by atoms with Crippen molar-refractivity contribution in [2.45, 2.75) is 23.5 Å². The number of carbonyl (C=O) groups excluding carboxylic acids is 1. The smallest absolute Gasteiger partial charge is 0.233 e. The number of carbonyl (C=O) groups is 1. The molecule has 0 saturated heterocycles. The van der Waals surface area contributed by atoms with Crippen LogP contribution in [-0.4, -0.2) is 31.4 Å². The Morgan fingerprint density at radius 2 is 1.92 bits per heavy atom. The lowest BCUT2D eigenvalue weighted by molar-refractivity contribution is -0.120. The molecule has 25 heavy (non-hydrogen) atoms. The molecule has 1 atom stereocenters. The summed E-state index contributed by atoms with van der Waals surface area (Å²) in [5.74, 6) is 1.47. The Labute approximate surface area is 157 Å². The molecule has 1 amide bonds. The average molecular weight is 380 g/mol. The first kappa shape index (κ1) is 19.5. The number of thioether (sulfide) groups is 1. The Morgan fingerprint density at radius 3 is 2.60 bits per heavy atom. The van der Waals surface area contributed by atoms with E-state index in [2.05, 4.69) is 5.32 Å². The third-order valence-electron chi connectivity index (χ3n) is 3.47. The molecule has 0 aliphatic carbocycles. The Hall–Kier alpha value is -1.85. The van der Waals surface area contributed by atoms with Crippen LogP contribution in [0.5, 0.6) is 11.5 Å². The standard InChI is InChI=1S/C19H22ClNO3S/c1-3-18(25-17-9-7-14(20)8-10-17)19(22)21-11-12-24-16-6-4-5-15(13-16)23-2/h4-10,13,18H,3,11-12H2,1-2H3,(H,21,22). The maximum absolute atomic E-state index is 12.3. The zero-order chi connectivity index (χ0) is 18.1. The molecule has 0 aliphatic rings. The highest BCUT2D eigenvalue weighted by Gasteiger charge is 2.17. The lowest BCUT2D eigenvalue weighted by Gasteiger charge is -2.15. The normalized spacial score (nSPS) is 11.6. The van der Waals surface area contributed by atoms with Gasteiger partial charge < -0.3 is 14.8 Å². The number of rotatable bonds is 9. The van der Waals surface area contributed by atoms with Crippen LogP contribution in [0.2, 0.25) is 5.02 Å². The molecule has 0 aromatic heterocycles. The zero-order valence-electron chi connectivity index (χ0n) is 14.3. The Bertz CT molecular complexity index is 679. The Morgan fingerprint density at radius 1 is 1.20 bits per heavy atom. The predicted molar refractivity (Wildman–Crippen MR) is 103 cm³/mol. The van der Waals surface area contributed by atoms with Crippen LogP contribution in [0.1, 0.15) is 13.3 Å². The number of ether oxygens (including phenoxy) is 2. The van der Waals surface area contributed by atoms with Gasteiger partial charge in [0, 0.05) is 16.0 Å². The summed E-state index contributed by atoms with van der Waals surface area (Å²) < 4.78 is 10.8. The molecule has 0 spiro atoms. The quantitative estimate of drug-likeness (QED) is 0.517. The lowest BCUT2D eigenvalue weighted by atomic mass is 10.3. The van der Waals surface area contributed by atoms with Crippen LogP contribution in [0.4, 0.5) is 0 Å². The number of methoxy groups -OCH3 is 1. The van der Waals surface area contributed by atoms with Crippen LogP contribution in [0, 0.1) is 0 Å². The average Bonchev–Trinajstić information content (AvgIpc) is 2.64. The molecule has 6 heteroatoms. The second-order valence-corrected chi connectivity index (χ2v) is 7.00. The summed E-state index contributed by atoms with van der Waals surface area (Å²) in [6.45, 7) is 2.86. The van der Waals surface area contributed by atoms with E-state index >= 15 is 0 Å². The molecule has 0 fully saturated rings. The van der Waals surface area contributed by atoms with Gasteiger partial charge in [-0.15, -0.1) is 11.8 Å². The summed E-state index contributed by atoms with van der Waals surface area (Å²) in [6.07, 6.45) is 0.746. The highest BCUT2D eigenvalue weighted by Crippen LogP contribution is 2.26. The van der Waals surface area contributed by atoms with E-state index in [1.54, 1.807) is 7.11 Å². The monoisotopic (exact) mass is 379 g/mol. The number of halogens is 1. The highest BCUT2D eigenvalue weighted by molar-refractivity contribution is 8.00. The van der Waals surface area contributed by atoms with Crippen LogP contribution in [0.3, 0.4) is 0 Å². The summed E-state index contributed by atoms with van der Waals surface area (Å²) in [6, 6.07) is 14.9. The fourth-order valence-corrected chi connectivity index (χ4v) is 3.25. The van der Waals surface area contributed by atoms with Crippen molar-refractivity contribution < 1.29 is 14.3 Å².